The lowest BCUT2D eigenvalue weighted by Crippen LogP contribution is -2.40. The van der Waals surface area contributed by atoms with Gasteiger partial charge in [-0.1, -0.05) is 12.1 Å². The van der Waals surface area contributed by atoms with Crippen LogP contribution in [0.3, 0.4) is 0 Å². The van der Waals surface area contributed by atoms with Gasteiger partial charge in [-0.25, -0.2) is 9.97 Å². The summed E-state index contributed by atoms with van der Waals surface area (Å²) >= 11 is 0. The number of amides is 1. The molecule has 4 rings (SSSR count). The fourth-order valence-corrected chi connectivity index (χ4v) is 3.12. The number of nitrogens with zero attached hydrogens (tertiary/aromatic N) is 3. The van der Waals surface area contributed by atoms with Gasteiger partial charge < -0.3 is 14.3 Å². The minimum atomic E-state index is -0.0515. The molecule has 0 unspecified atom stereocenters. The van der Waals surface area contributed by atoms with Crippen molar-refractivity contribution in [2.24, 2.45) is 0 Å². The molecule has 2 aromatic heterocycles. The number of fused-ring (bicyclic) bond motifs is 1. The predicted molar refractivity (Wildman–Crippen MR) is 88.5 cm³/mol. The molecule has 0 radical (unpaired) electrons. The van der Waals surface area contributed by atoms with Crippen molar-refractivity contribution in [2.45, 2.75) is 32.4 Å². The topological polar surface area (TPSA) is 73.0 Å². The third-order valence-electron chi connectivity index (χ3n) is 4.31. The Hall–Kier alpha value is -2.89. The first-order valence-electron chi connectivity index (χ1n) is 8.01. The van der Waals surface area contributed by atoms with E-state index in [-0.39, 0.29) is 11.9 Å². The summed E-state index contributed by atoms with van der Waals surface area (Å²) in [5.74, 6) is 1.75. The summed E-state index contributed by atoms with van der Waals surface area (Å²) in [5, 5.41) is 3.12. The van der Waals surface area contributed by atoms with E-state index >= 15 is 0 Å². The van der Waals surface area contributed by atoms with E-state index < -0.39 is 0 Å². The van der Waals surface area contributed by atoms with Crippen molar-refractivity contribution in [1.29, 1.82) is 0 Å². The maximum Gasteiger partial charge on any atom is 0.251 e. The van der Waals surface area contributed by atoms with Crippen molar-refractivity contribution in [2.75, 3.05) is 0 Å². The highest BCUT2D eigenvalue weighted by Gasteiger charge is 2.21. The minimum Gasteiger partial charge on any atom is -0.444 e. The van der Waals surface area contributed by atoms with Crippen LogP contribution in [-0.2, 0) is 13.0 Å². The summed E-state index contributed by atoms with van der Waals surface area (Å²) in [7, 11) is 0. The Morgan fingerprint density at radius 2 is 2.17 bits per heavy atom. The molecule has 3 heterocycles. The van der Waals surface area contributed by atoms with Crippen LogP contribution in [0.1, 0.15) is 28.3 Å². The minimum absolute atomic E-state index is 0.0515. The molecule has 0 aliphatic carbocycles. The largest absolute Gasteiger partial charge is 0.444 e. The lowest BCUT2D eigenvalue weighted by Gasteiger charge is -2.24. The molecule has 0 fully saturated rings. The molecule has 1 aromatic carbocycles. The van der Waals surface area contributed by atoms with Gasteiger partial charge in [0.15, 0.2) is 12.2 Å². The maximum atomic E-state index is 12.5. The van der Waals surface area contributed by atoms with Crippen LogP contribution in [0.25, 0.3) is 11.3 Å². The first-order valence-corrected chi connectivity index (χ1v) is 8.01. The first-order chi connectivity index (χ1) is 11.7. The molecule has 1 aliphatic rings. The van der Waals surface area contributed by atoms with Crippen LogP contribution >= 0.6 is 0 Å². The monoisotopic (exact) mass is 322 g/mol. The van der Waals surface area contributed by atoms with Crippen LogP contribution in [0.2, 0.25) is 0 Å². The average molecular weight is 322 g/mol. The van der Waals surface area contributed by atoms with Gasteiger partial charge in [0.05, 0.1) is 11.9 Å². The lowest BCUT2D eigenvalue weighted by atomic mass is 10.1. The van der Waals surface area contributed by atoms with Crippen LogP contribution < -0.4 is 5.32 Å². The molecule has 6 nitrogen and oxygen atoms in total. The molecule has 122 valence electrons. The van der Waals surface area contributed by atoms with Gasteiger partial charge in [-0.3, -0.25) is 4.79 Å². The molecular formula is C18H18N4O2. The second kappa shape index (κ2) is 5.96. The summed E-state index contributed by atoms with van der Waals surface area (Å²) in [4.78, 5) is 20.8. The SMILES string of the molecule is Cc1cn2c(n1)CC[C@@H](NC(=O)c1ccc(-c3cnco3)cc1)C2. The van der Waals surface area contributed by atoms with Crippen molar-refractivity contribution < 1.29 is 9.21 Å². The van der Waals surface area contributed by atoms with E-state index in [1.807, 2.05) is 37.4 Å². The second-order valence-corrected chi connectivity index (χ2v) is 6.10. The van der Waals surface area contributed by atoms with Crippen LogP contribution in [0.4, 0.5) is 0 Å². The number of oxazole rings is 1. The smallest absolute Gasteiger partial charge is 0.251 e. The third kappa shape index (κ3) is 2.82. The summed E-state index contributed by atoms with van der Waals surface area (Å²) in [5.41, 5.74) is 2.58. The second-order valence-electron chi connectivity index (χ2n) is 6.10. The number of benzene rings is 1. The van der Waals surface area contributed by atoms with Gasteiger partial charge in [0.25, 0.3) is 5.91 Å². The van der Waals surface area contributed by atoms with E-state index in [1.54, 1.807) is 6.20 Å². The van der Waals surface area contributed by atoms with Gasteiger partial charge in [0.2, 0.25) is 0 Å². The zero-order chi connectivity index (χ0) is 16.5. The average Bonchev–Trinajstić information content (AvgIpc) is 3.23. The van der Waals surface area contributed by atoms with Crippen LogP contribution in [0.15, 0.2) is 47.5 Å². The molecule has 0 spiro atoms. The fraction of sp³-hybridized carbons (Fsp3) is 0.278. The van der Waals surface area contributed by atoms with Crippen molar-refractivity contribution in [3.63, 3.8) is 0 Å². The molecule has 1 N–H and O–H groups in total. The van der Waals surface area contributed by atoms with E-state index in [4.69, 9.17) is 4.42 Å². The quantitative estimate of drug-likeness (QED) is 0.804. The molecule has 0 saturated heterocycles. The van der Waals surface area contributed by atoms with Gasteiger partial charge >= 0.3 is 0 Å². The third-order valence-corrected chi connectivity index (χ3v) is 4.31. The fourth-order valence-electron chi connectivity index (χ4n) is 3.12. The number of hydrogen-bond acceptors (Lipinski definition) is 4. The van der Waals surface area contributed by atoms with E-state index in [2.05, 4.69) is 19.9 Å². The van der Waals surface area contributed by atoms with E-state index in [9.17, 15) is 4.79 Å². The van der Waals surface area contributed by atoms with E-state index in [0.29, 0.717) is 11.3 Å². The Labute approximate surface area is 139 Å². The molecule has 3 aromatic rings. The van der Waals surface area contributed by atoms with Gasteiger partial charge in [-0.2, -0.15) is 0 Å². The molecule has 1 atom stereocenters. The summed E-state index contributed by atoms with van der Waals surface area (Å²) in [6.07, 6.45) is 6.90. The van der Waals surface area contributed by atoms with Crippen molar-refractivity contribution >= 4 is 5.91 Å². The molecule has 24 heavy (non-hydrogen) atoms. The predicted octanol–water partition coefficient (Wildman–Crippen LogP) is 2.59. The van der Waals surface area contributed by atoms with E-state index in [1.165, 1.54) is 6.39 Å². The Bertz CT molecular complexity index is 850. The molecule has 6 heteroatoms. The normalized spacial score (nSPS) is 16.6. The number of aryl methyl sites for hydroxylation is 2. The number of aromatic nitrogens is 3. The summed E-state index contributed by atoms with van der Waals surface area (Å²) in [6.45, 7) is 2.77. The van der Waals surface area contributed by atoms with Gasteiger partial charge in [0.1, 0.15) is 5.82 Å². The lowest BCUT2D eigenvalue weighted by molar-refractivity contribution is 0.0927. The van der Waals surface area contributed by atoms with Crippen LogP contribution in [-0.4, -0.2) is 26.5 Å². The Kier molecular flexibility index (Phi) is 3.65. The number of carbonyl (C=O) groups excluding carboxylic acids is 1. The first kappa shape index (κ1) is 14.7. The molecule has 0 saturated carbocycles. The molecule has 1 aliphatic heterocycles. The van der Waals surface area contributed by atoms with Gasteiger partial charge in [-0.05, 0) is 25.5 Å². The molecule has 1 amide bonds. The van der Waals surface area contributed by atoms with Crippen molar-refractivity contribution in [1.82, 2.24) is 19.9 Å². The Balaban J connectivity index is 1.43. The Morgan fingerprint density at radius 3 is 2.92 bits per heavy atom. The highest BCUT2D eigenvalue weighted by molar-refractivity contribution is 5.94. The zero-order valence-corrected chi connectivity index (χ0v) is 13.4. The number of rotatable bonds is 3. The van der Waals surface area contributed by atoms with E-state index in [0.717, 1.165) is 36.5 Å². The molecular weight excluding hydrogens is 304 g/mol. The number of carbonyl (C=O) groups is 1. The van der Waals surface area contributed by atoms with Crippen LogP contribution in [0.5, 0.6) is 0 Å². The number of hydrogen-bond donors (Lipinski definition) is 1. The number of imidazole rings is 1. The van der Waals surface area contributed by atoms with Crippen molar-refractivity contribution in [3.8, 4) is 11.3 Å². The van der Waals surface area contributed by atoms with Gasteiger partial charge in [0, 0.05) is 36.3 Å². The highest BCUT2D eigenvalue weighted by atomic mass is 16.3. The highest BCUT2D eigenvalue weighted by Crippen LogP contribution is 2.19. The van der Waals surface area contributed by atoms with Crippen LogP contribution in [0, 0.1) is 6.92 Å². The summed E-state index contributed by atoms with van der Waals surface area (Å²) < 4.78 is 7.39. The Morgan fingerprint density at radius 1 is 1.33 bits per heavy atom. The summed E-state index contributed by atoms with van der Waals surface area (Å²) in [6, 6.07) is 7.49. The molecule has 0 bridgehead atoms. The van der Waals surface area contributed by atoms with Gasteiger partial charge in [-0.15, -0.1) is 0 Å². The zero-order valence-electron chi connectivity index (χ0n) is 13.4. The standard InChI is InChI=1S/C18H18N4O2/c1-12-9-22-10-15(6-7-17(22)20-12)21-18(23)14-4-2-13(3-5-14)16-8-19-11-24-16/h2-5,8-9,11,15H,6-7,10H2,1H3,(H,21,23)/t15-/m1/s1. The number of nitrogens with one attached hydrogen (secondary N) is 1. The maximum absolute atomic E-state index is 12.5. The van der Waals surface area contributed by atoms with Crippen molar-refractivity contribution in [3.05, 3.63) is 60.1 Å².